The molecule has 0 N–H and O–H groups in total. The average Bonchev–Trinajstić information content (AvgIpc) is 2.01. The van der Waals surface area contributed by atoms with E-state index in [1.165, 1.54) is 11.1 Å². The van der Waals surface area contributed by atoms with Gasteiger partial charge >= 0.3 is 0 Å². The molecule has 0 atom stereocenters. The summed E-state index contributed by atoms with van der Waals surface area (Å²) < 4.78 is 0. The third kappa shape index (κ3) is 23.0. The molecular formula is C12H20. The first-order valence-corrected chi connectivity index (χ1v) is 4.16. The summed E-state index contributed by atoms with van der Waals surface area (Å²) in [5, 5.41) is 0. The van der Waals surface area contributed by atoms with Gasteiger partial charge in [-0.05, 0) is 41.5 Å². The summed E-state index contributed by atoms with van der Waals surface area (Å²) in [5.74, 6) is 5.36. The maximum Gasteiger partial charge on any atom is -0.00271 e. The Morgan fingerprint density at radius 3 is 1.08 bits per heavy atom. The van der Waals surface area contributed by atoms with Gasteiger partial charge in [0.1, 0.15) is 0 Å². The van der Waals surface area contributed by atoms with Crippen LogP contribution in [0.5, 0.6) is 0 Å². The van der Waals surface area contributed by atoms with Crippen molar-refractivity contribution in [2.75, 3.05) is 0 Å². The van der Waals surface area contributed by atoms with E-state index < -0.39 is 0 Å². The lowest BCUT2D eigenvalue weighted by molar-refractivity contribution is 1.35. The molecule has 68 valence electrons. The van der Waals surface area contributed by atoms with E-state index in [4.69, 9.17) is 0 Å². The molecule has 0 nitrogen and oxygen atoms in total. The molecule has 0 bridgehead atoms. The van der Waals surface area contributed by atoms with Crippen LogP contribution in [0.4, 0.5) is 0 Å². The highest BCUT2D eigenvalue weighted by molar-refractivity contribution is 5.12. The second-order valence-corrected chi connectivity index (χ2v) is 2.99. The molecule has 0 radical (unpaired) electrons. The van der Waals surface area contributed by atoms with Gasteiger partial charge < -0.3 is 0 Å². The van der Waals surface area contributed by atoms with E-state index in [-0.39, 0.29) is 0 Å². The van der Waals surface area contributed by atoms with E-state index in [1.807, 2.05) is 13.8 Å². The predicted molar refractivity (Wildman–Crippen MR) is 58.0 cm³/mol. The van der Waals surface area contributed by atoms with Crippen LogP contribution < -0.4 is 0 Å². The van der Waals surface area contributed by atoms with Crippen molar-refractivity contribution in [3.63, 3.8) is 0 Å². The van der Waals surface area contributed by atoms with Crippen LogP contribution in [0.2, 0.25) is 0 Å². The Kier molecular flexibility index (Phi) is 11.4. The minimum absolute atomic E-state index is 1.35. The van der Waals surface area contributed by atoms with Crippen molar-refractivity contribution in [1.82, 2.24) is 0 Å². The molecule has 12 heavy (non-hydrogen) atoms. The predicted octanol–water partition coefficient (Wildman–Crippen LogP) is 3.95. The normalized spacial score (nSPS) is 6.50. The highest BCUT2D eigenvalue weighted by Gasteiger charge is 1.71. The van der Waals surface area contributed by atoms with Gasteiger partial charge in [0.15, 0.2) is 0 Å². The molecule has 0 aromatic carbocycles. The van der Waals surface area contributed by atoms with Crippen LogP contribution in [0, 0.1) is 11.8 Å². The van der Waals surface area contributed by atoms with Crippen LogP contribution in [0.15, 0.2) is 23.3 Å². The molecule has 0 heterocycles. The van der Waals surface area contributed by atoms with Gasteiger partial charge in [-0.2, -0.15) is 0 Å². The quantitative estimate of drug-likeness (QED) is 0.406. The first kappa shape index (κ1) is 13.6. The minimum atomic E-state index is 1.35. The van der Waals surface area contributed by atoms with Gasteiger partial charge in [-0.15, -0.1) is 11.8 Å². The fourth-order valence-corrected chi connectivity index (χ4v) is 0.333. The van der Waals surface area contributed by atoms with Gasteiger partial charge in [-0.25, -0.2) is 0 Å². The monoisotopic (exact) mass is 164 g/mol. The van der Waals surface area contributed by atoms with Crippen molar-refractivity contribution in [2.45, 2.75) is 41.5 Å². The fourth-order valence-electron chi connectivity index (χ4n) is 0.333. The summed E-state index contributed by atoms with van der Waals surface area (Å²) in [5.41, 5.74) is 2.71. The van der Waals surface area contributed by atoms with Gasteiger partial charge in [0, 0.05) is 0 Å². The molecule has 0 saturated carbocycles. The third-order valence-electron chi connectivity index (χ3n) is 1.00. The summed E-state index contributed by atoms with van der Waals surface area (Å²) in [4.78, 5) is 0. The molecule has 0 aliphatic heterocycles. The minimum Gasteiger partial charge on any atom is -0.107 e. The molecule has 0 unspecified atom stereocenters. The molecule has 0 aliphatic rings. The van der Waals surface area contributed by atoms with Gasteiger partial charge in [-0.1, -0.05) is 23.3 Å². The Hall–Kier alpha value is -0.960. The Morgan fingerprint density at radius 2 is 1.00 bits per heavy atom. The Labute approximate surface area is 77.4 Å². The van der Waals surface area contributed by atoms with Crippen LogP contribution >= 0.6 is 0 Å². The standard InChI is InChI=1S/C8H14.C4H6/c1-7(2)5-6-8(3)4;1-3-4-2/h5-6H,1-4H3;1-2H3. The number of hydrogen-bond acceptors (Lipinski definition) is 0. The van der Waals surface area contributed by atoms with E-state index in [9.17, 15) is 0 Å². The van der Waals surface area contributed by atoms with Gasteiger partial charge in [0.2, 0.25) is 0 Å². The molecule has 0 amide bonds. The van der Waals surface area contributed by atoms with Crippen LogP contribution in [0.1, 0.15) is 41.5 Å². The van der Waals surface area contributed by atoms with Crippen molar-refractivity contribution in [3.05, 3.63) is 23.3 Å². The van der Waals surface area contributed by atoms with E-state index in [0.29, 0.717) is 0 Å². The molecule has 0 aliphatic carbocycles. The number of rotatable bonds is 1. The van der Waals surface area contributed by atoms with Gasteiger partial charge in [0.05, 0.1) is 0 Å². The summed E-state index contributed by atoms with van der Waals surface area (Å²) in [6.45, 7) is 12.0. The lowest BCUT2D eigenvalue weighted by Gasteiger charge is -1.84. The molecule has 0 spiro atoms. The molecule has 0 saturated heterocycles. The maximum atomic E-state index is 2.68. The first-order valence-electron chi connectivity index (χ1n) is 4.16. The second-order valence-electron chi connectivity index (χ2n) is 2.99. The summed E-state index contributed by atoms with van der Waals surface area (Å²) in [7, 11) is 0. The van der Waals surface area contributed by atoms with E-state index in [0.717, 1.165) is 0 Å². The highest BCUT2D eigenvalue weighted by atomic mass is 13.8. The largest absolute Gasteiger partial charge is 0.107 e. The third-order valence-corrected chi connectivity index (χ3v) is 1.00. The fraction of sp³-hybridized carbons (Fsp3) is 0.500. The first-order chi connectivity index (χ1) is 5.54. The zero-order chi connectivity index (χ0) is 9.98. The Bertz CT molecular complexity index is 176. The molecule has 0 rings (SSSR count). The van der Waals surface area contributed by atoms with Crippen molar-refractivity contribution >= 4 is 0 Å². The Morgan fingerprint density at radius 1 is 0.750 bits per heavy atom. The number of allylic oxidation sites excluding steroid dienone is 4. The van der Waals surface area contributed by atoms with E-state index >= 15 is 0 Å². The molecule has 0 aromatic heterocycles. The number of hydrogen-bond donors (Lipinski definition) is 0. The van der Waals surface area contributed by atoms with Crippen molar-refractivity contribution < 1.29 is 0 Å². The van der Waals surface area contributed by atoms with E-state index in [1.54, 1.807) is 0 Å². The maximum absolute atomic E-state index is 2.68. The zero-order valence-corrected chi connectivity index (χ0v) is 9.15. The van der Waals surface area contributed by atoms with Crippen molar-refractivity contribution in [3.8, 4) is 11.8 Å². The summed E-state index contributed by atoms with van der Waals surface area (Å²) >= 11 is 0. The molecule has 0 aromatic rings. The lowest BCUT2D eigenvalue weighted by Crippen LogP contribution is -1.62. The van der Waals surface area contributed by atoms with Crippen LogP contribution in [0.25, 0.3) is 0 Å². The van der Waals surface area contributed by atoms with Crippen LogP contribution in [-0.4, -0.2) is 0 Å². The smallest absolute Gasteiger partial charge is 0.00271 e. The van der Waals surface area contributed by atoms with Crippen molar-refractivity contribution in [1.29, 1.82) is 0 Å². The van der Waals surface area contributed by atoms with Crippen molar-refractivity contribution in [2.24, 2.45) is 0 Å². The topological polar surface area (TPSA) is 0 Å². The lowest BCUT2D eigenvalue weighted by atomic mass is 10.2. The molecule has 0 heteroatoms. The summed E-state index contributed by atoms with van der Waals surface area (Å²) in [6, 6.07) is 0. The zero-order valence-electron chi connectivity index (χ0n) is 9.15. The van der Waals surface area contributed by atoms with Crippen LogP contribution in [-0.2, 0) is 0 Å². The SMILES string of the molecule is CC#CC.CC(C)=CC=C(C)C. The van der Waals surface area contributed by atoms with Gasteiger partial charge in [-0.3, -0.25) is 0 Å². The second kappa shape index (κ2) is 10.0. The van der Waals surface area contributed by atoms with Crippen LogP contribution in [0.3, 0.4) is 0 Å². The molecular weight excluding hydrogens is 144 g/mol. The van der Waals surface area contributed by atoms with Gasteiger partial charge in [0.25, 0.3) is 0 Å². The highest BCUT2D eigenvalue weighted by Crippen LogP contribution is 1.93. The average molecular weight is 164 g/mol. The Balaban J connectivity index is 0. The summed E-state index contributed by atoms with van der Waals surface area (Å²) in [6.07, 6.45) is 4.24. The van der Waals surface area contributed by atoms with E-state index in [2.05, 4.69) is 51.7 Å². The molecule has 0 fully saturated rings.